The van der Waals surface area contributed by atoms with Crippen LogP contribution in [-0.2, 0) is 0 Å². The minimum atomic E-state index is -0.192. The third kappa shape index (κ3) is 4.86. The summed E-state index contributed by atoms with van der Waals surface area (Å²) in [5.74, 6) is 1.06. The van der Waals surface area contributed by atoms with Crippen LogP contribution in [0, 0.1) is 0 Å². The highest BCUT2D eigenvalue weighted by atomic mass is 35.5. The first kappa shape index (κ1) is 20.9. The standard InChI is InChI=1S/C21H23Cl2N5O2/c22-16-4-5-18-17(14-16)20(29)28(19(23)15-30-18)9-2-1-8-26-10-12-27(13-11-26)21-24-6-3-7-25-21/h3-7,14-15H,1-2,8-13H2. The predicted octanol–water partition coefficient (Wildman–Crippen LogP) is 3.60. The lowest BCUT2D eigenvalue weighted by Crippen LogP contribution is -2.47. The van der Waals surface area contributed by atoms with E-state index in [0.29, 0.717) is 22.9 Å². The lowest BCUT2D eigenvalue weighted by atomic mass is 10.1. The Morgan fingerprint density at radius 2 is 1.73 bits per heavy atom. The van der Waals surface area contributed by atoms with Gasteiger partial charge in [-0.25, -0.2) is 9.97 Å². The van der Waals surface area contributed by atoms with Gasteiger partial charge < -0.3 is 9.64 Å². The lowest BCUT2D eigenvalue weighted by molar-refractivity contribution is 0.0814. The van der Waals surface area contributed by atoms with Crippen LogP contribution in [0.4, 0.5) is 5.95 Å². The molecular formula is C21H23Cl2N5O2. The fourth-order valence-electron chi connectivity index (χ4n) is 3.63. The zero-order valence-electron chi connectivity index (χ0n) is 16.5. The van der Waals surface area contributed by atoms with E-state index >= 15 is 0 Å². The first-order chi connectivity index (χ1) is 14.6. The number of unbranched alkanes of at least 4 members (excludes halogenated alkanes) is 1. The molecule has 1 amide bonds. The van der Waals surface area contributed by atoms with E-state index in [9.17, 15) is 4.79 Å². The summed E-state index contributed by atoms with van der Waals surface area (Å²) in [5, 5.41) is 0.771. The van der Waals surface area contributed by atoms with Crippen LogP contribution < -0.4 is 9.64 Å². The molecule has 0 saturated carbocycles. The molecule has 4 rings (SSSR count). The van der Waals surface area contributed by atoms with Crippen LogP contribution in [-0.4, -0.2) is 64.9 Å². The molecule has 0 bridgehead atoms. The van der Waals surface area contributed by atoms with Gasteiger partial charge in [0.15, 0.2) is 0 Å². The molecule has 9 heteroatoms. The number of piperazine rings is 1. The average Bonchev–Trinajstić information content (AvgIpc) is 2.89. The van der Waals surface area contributed by atoms with E-state index in [1.807, 2.05) is 6.07 Å². The molecule has 0 spiro atoms. The fourth-order valence-corrected chi connectivity index (χ4v) is 4.01. The van der Waals surface area contributed by atoms with Crippen molar-refractivity contribution in [2.24, 2.45) is 0 Å². The molecule has 2 aromatic rings. The number of amides is 1. The van der Waals surface area contributed by atoms with Crippen molar-refractivity contribution < 1.29 is 9.53 Å². The Balaban J connectivity index is 1.25. The zero-order valence-corrected chi connectivity index (χ0v) is 18.0. The molecule has 1 fully saturated rings. The van der Waals surface area contributed by atoms with E-state index in [1.165, 1.54) is 6.26 Å². The molecule has 2 aliphatic heterocycles. The van der Waals surface area contributed by atoms with Gasteiger partial charge in [0.2, 0.25) is 5.95 Å². The summed E-state index contributed by atoms with van der Waals surface area (Å²) in [7, 11) is 0. The van der Waals surface area contributed by atoms with Crippen molar-refractivity contribution in [1.29, 1.82) is 0 Å². The summed E-state index contributed by atoms with van der Waals surface area (Å²) < 4.78 is 5.53. The first-order valence-corrected chi connectivity index (χ1v) is 10.8. The Morgan fingerprint density at radius 3 is 2.50 bits per heavy atom. The number of aromatic nitrogens is 2. The van der Waals surface area contributed by atoms with Crippen molar-refractivity contribution in [3.05, 3.63) is 58.7 Å². The number of hydrogen-bond donors (Lipinski definition) is 0. The van der Waals surface area contributed by atoms with Gasteiger partial charge in [0, 0.05) is 50.1 Å². The van der Waals surface area contributed by atoms with Gasteiger partial charge in [-0.15, -0.1) is 0 Å². The van der Waals surface area contributed by atoms with E-state index in [-0.39, 0.29) is 11.1 Å². The summed E-state index contributed by atoms with van der Waals surface area (Å²) in [5.41, 5.74) is 0.425. The number of benzene rings is 1. The second kappa shape index (κ2) is 9.64. The Morgan fingerprint density at radius 1 is 1.00 bits per heavy atom. The second-order valence-corrected chi connectivity index (χ2v) is 8.06. The molecule has 1 aromatic carbocycles. The average molecular weight is 448 g/mol. The van der Waals surface area contributed by atoms with Gasteiger partial charge in [0.05, 0.1) is 5.56 Å². The van der Waals surface area contributed by atoms with Crippen molar-refractivity contribution in [2.45, 2.75) is 12.8 Å². The van der Waals surface area contributed by atoms with Crippen molar-refractivity contribution in [3.63, 3.8) is 0 Å². The smallest absolute Gasteiger partial charge is 0.262 e. The van der Waals surface area contributed by atoms with E-state index in [1.54, 1.807) is 35.5 Å². The minimum Gasteiger partial charge on any atom is -0.461 e. The molecule has 30 heavy (non-hydrogen) atoms. The van der Waals surface area contributed by atoms with Crippen molar-refractivity contribution in [1.82, 2.24) is 19.8 Å². The largest absolute Gasteiger partial charge is 0.461 e. The number of rotatable bonds is 6. The zero-order chi connectivity index (χ0) is 20.9. The first-order valence-electron chi connectivity index (χ1n) is 10.00. The SMILES string of the molecule is O=C1c2cc(Cl)ccc2OC=C(Cl)N1CCCCN1CCN(c2ncccn2)CC1. The van der Waals surface area contributed by atoms with Crippen LogP contribution in [0.25, 0.3) is 0 Å². The number of nitrogens with zero attached hydrogens (tertiary/aromatic N) is 5. The van der Waals surface area contributed by atoms with Crippen LogP contribution in [0.2, 0.25) is 5.02 Å². The summed E-state index contributed by atoms with van der Waals surface area (Å²) in [6, 6.07) is 6.82. The fraction of sp³-hybridized carbons (Fsp3) is 0.381. The highest BCUT2D eigenvalue weighted by Gasteiger charge is 2.26. The molecule has 0 aliphatic carbocycles. The molecular weight excluding hydrogens is 425 g/mol. The third-order valence-corrected chi connectivity index (χ3v) is 5.80. The Kier molecular flexibility index (Phi) is 6.72. The van der Waals surface area contributed by atoms with Gasteiger partial charge in [0.25, 0.3) is 5.91 Å². The van der Waals surface area contributed by atoms with Crippen molar-refractivity contribution in [3.8, 4) is 5.75 Å². The summed E-state index contributed by atoms with van der Waals surface area (Å²) in [4.78, 5) is 27.7. The molecule has 0 atom stereocenters. The number of anilines is 1. The summed E-state index contributed by atoms with van der Waals surface area (Å²) in [6.07, 6.45) is 6.77. The number of halogens is 2. The number of carbonyl (C=O) groups is 1. The van der Waals surface area contributed by atoms with Gasteiger partial charge in [0.1, 0.15) is 17.2 Å². The van der Waals surface area contributed by atoms with Crippen LogP contribution in [0.5, 0.6) is 5.75 Å². The predicted molar refractivity (Wildman–Crippen MR) is 117 cm³/mol. The summed E-state index contributed by atoms with van der Waals surface area (Å²) in [6.45, 7) is 5.28. The number of fused-ring (bicyclic) bond motifs is 1. The van der Waals surface area contributed by atoms with Gasteiger partial charge >= 0.3 is 0 Å². The van der Waals surface area contributed by atoms with Gasteiger partial charge in [-0.05, 0) is 43.7 Å². The monoisotopic (exact) mass is 447 g/mol. The number of hydrogen-bond acceptors (Lipinski definition) is 6. The topological polar surface area (TPSA) is 61.8 Å². The second-order valence-electron chi connectivity index (χ2n) is 7.24. The molecule has 1 saturated heterocycles. The normalized spacial score (nSPS) is 17.3. The van der Waals surface area contributed by atoms with Crippen LogP contribution in [0.1, 0.15) is 23.2 Å². The number of carbonyl (C=O) groups excluding carboxylic acids is 1. The molecule has 0 unspecified atom stereocenters. The maximum absolute atomic E-state index is 12.9. The van der Waals surface area contributed by atoms with Gasteiger partial charge in [-0.2, -0.15) is 0 Å². The maximum atomic E-state index is 12.9. The highest BCUT2D eigenvalue weighted by molar-refractivity contribution is 6.32. The third-order valence-electron chi connectivity index (χ3n) is 5.27. The Hall–Kier alpha value is -2.35. The molecule has 1 aromatic heterocycles. The van der Waals surface area contributed by atoms with E-state index < -0.39 is 0 Å². The molecule has 2 aliphatic rings. The molecule has 0 N–H and O–H groups in total. The quantitative estimate of drug-likeness (QED) is 0.497. The van der Waals surface area contributed by atoms with Gasteiger partial charge in [-0.1, -0.05) is 23.2 Å². The van der Waals surface area contributed by atoms with Crippen molar-refractivity contribution in [2.75, 3.05) is 44.2 Å². The molecule has 7 nitrogen and oxygen atoms in total. The Labute approximate surface area is 185 Å². The summed E-state index contributed by atoms with van der Waals surface area (Å²) >= 11 is 12.3. The maximum Gasteiger partial charge on any atom is 0.262 e. The van der Waals surface area contributed by atoms with Crippen molar-refractivity contribution >= 4 is 35.1 Å². The minimum absolute atomic E-state index is 0.192. The molecule has 158 valence electrons. The van der Waals surface area contributed by atoms with Crippen LogP contribution in [0.15, 0.2) is 48.1 Å². The van der Waals surface area contributed by atoms with E-state index in [4.69, 9.17) is 27.9 Å². The van der Waals surface area contributed by atoms with Crippen LogP contribution >= 0.6 is 23.2 Å². The molecule has 0 radical (unpaired) electrons. The lowest BCUT2D eigenvalue weighted by Gasteiger charge is -2.34. The van der Waals surface area contributed by atoms with E-state index in [0.717, 1.165) is 51.5 Å². The number of ether oxygens (including phenoxy) is 1. The highest BCUT2D eigenvalue weighted by Crippen LogP contribution is 2.30. The van der Waals surface area contributed by atoms with Gasteiger partial charge in [-0.3, -0.25) is 14.6 Å². The molecule has 3 heterocycles. The van der Waals surface area contributed by atoms with E-state index in [2.05, 4.69) is 19.8 Å². The van der Waals surface area contributed by atoms with Crippen LogP contribution in [0.3, 0.4) is 0 Å². The Bertz CT molecular complexity index is 917.